The highest BCUT2D eigenvalue weighted by atomic mass is 35.5. The second-order valence-corrected chi connectivity index (χ2v) is 5.86. The molecule has 0 aromatic heterocycles. The van der Waals surface area contributed by atoms with Crippen LogP contribution < -0.4 is 5.73 Å². The summed E-state index contributed by atoms with van der Waals surface area (Å²) < 4.78 is 5.31. The molecule has 1 unspecified atom stereocenters. The zero-order chi connectivity index (χ0) is 13.8. The Morgan fingerprint density at radius 3 is 2.26 bits per heavy atom. The van der Waals surface area contributed by atoms with E-state index in [9.17, 15) is 0 Å². The van der Waals surface area contributed by atoms with E-state index in [4.69, 9.17) is 22.1 Å². The first kappa shape index (κ1) is 18.7. The Bertz CT molecular complexity index is 363. The van der Waals surface area contributed by atoms with E-state index in [2.05, 4.69) is 11.9 Å². The lowest BCUT2D eigenvalue weighted by Gasteiger charge is -2.33. The topological polar surface area (TPSA) is 38.5 Å². The van der Waals surface area contributed by atoms with E-state index in [0.29, 0.717) is 6.61 Å². The molecule has 0 saturated heterocycles. The first-order valence-corrected chi connectivity index (χ1v) is 6.45. The molecule has 110 valence electrons. The molecule has 0 bridgehead atoms. The van der Waals surface area contributed by atoms with Gasteiger partial charge in [0.2, 0.25) is 0 Å². The monoisotopic (exact) mass is 306 g/mol. The molecule has 0 aliphatic rings. The predicted octanol–water partition coefficient (Wildman–Crippen LogP) is 3.12. The Hall–Kier alpha value is -0.320. The zero-order valence-electron chi connectivity index (χ0n) is 12.0. The van der Waals surface area contributed by atoms with E-state index in [1.54, 1.807) is 7.11 Å². The number of halogens is 2. The minimum absolute atomic E-state index is 0. The lowest BCUT2D eigenvalue weighted by molar-refractivity contribution is 0.0954. The van der Waals surface area contributed by atoms with Gasteiger partial charge >= 0.3 is 0 Å². The van der Waals surface area contributed by atoms with Crippen LogP contribution in [0.2, 0.25) is 5.02 Å². The molecule has 0 spiro atoms. The zero-order valence-corrected chi connectivity index (χ0v) is 13.6. The third-order valence-corrected chi connectivity index (χ3v) is 3.02. The van der Waals surface area contributed by atoms with Gasteiger partial charge in [0, 0.05) is 24.2 Å². The maximum Gasteiger partial charge on any atom is 0.0659 e. The van der Waals surface area contributed by atoms with Crippen molar-refractivity contribution >= 4 is 24.0 Å². The molecular formula is C14H24Cl2N2O. The molecular weight excluding hydrogens is 283 g/mol. The van der Waals surface area contributed by atoms with Crippen molar-refractivity contribution in [2.24, 2.45) is 5.73 Å². The van der Waals surface area contributed by atoms with E-state index >= 15 is 0 Å². The summed E-state index contributed by atoms with van der Waals surface area (Å²) in [5.41, 5.74) is 7.03. The molecule has 1 rings (SSSR count). The molecule has 5 heteroatoms. The molecule has 19 heavy (non-hydrogen) atoms. The van der Waals surface area contributed by atoms with Gasteiger partial charge in [0.05, 0.1) is 12.6 Å². The second-order valence-electron chi connectivity index (χ2n) is 5.43. The molecule has 1 atom stereocenters. The molecule has 0 fully saturated rings. The van der Waals surface area contributed by atoms with Crippen LogP contribution in [0.25, 0.3) is 0 Å². The molecule has 0 radical (unpaired) electrons. The lowest BCUT2D eigenvalue weighted by atomic mass is 10.0. The maximum atomic E-state index is 6.07. The van der Waals surface area contributed by atoms with Crippen molar-refractivity contribution in [1.29, 1.82) is 0 Å². The predicted molar refractivity (Wildman–Crippen MR) is 84.2 cm³/mol. The van der Waals surface area contributed by atoms with Crippen LogP contribution in [0.1, 0.15) is 25.5 Å². The highest BCUT2D eigenvalue weighted by Gasteiger charge is 2.22. The van der Waals surface area contributed by atoms with Crippen molar-refractivity contribution in [3.63, 3.8) is 0 Å². The van der Waals surface area contributed by atoms with Crippen molar-refractivity contribution in [3.05, 3.63) is 34.9 Å². The maximum absolute atomic E-state index is 6.07. The van der Waals surface area contributed by atoms with E-state index in [1.165, 1.54) is 5.56 Å². The normalized spacial score (nSPS) is 13.2. The van der Waals surface area contributed by atoms with Crippen LogP contribution in [0.5, 0.6) is 0 Å². The van der Waals surface area contributed by atoms with Gasteiger partial charge in [0.1, 0.15) is 0 Å². The Labute approximate surface area is 127 Å². The standard InChI is InChI=1S/C14H23ClN2O.ClH/c1-14(2,16)10-17(3)13(9-18-4)11-5-7-12(15)8-6-11;/h5-8,13H,9-10,16H2,1-4H3;1H. The minimum atomic E-state index is -0.229. The quantitative estimate of drug-likeness (QED) is 0.877. The van der Waals surface area contributed by atoms with Crippen LogP contribution in [0.3, 0.4) is 0 Å². The summed E-state index contributed by atoms with van der Waals surface area (Å²) in [4.78, 5) is 2.22. The third kappa shape index (κ3) is 6.59. The number of nitrogens with two attached hydrogens (primary N) is 1. The van der Waals surface area contributed by atoms with Gasteiger partial charge in [0.25, 0.3) is 0 Å². The summed E-state index contributed by atoms with van der Waals surface area (Å²) in [6, 6.07) is 8.06. The Kier molecular flexibility index (Phi) is 7.94. The van der Waals surface area contributed by atoms with Gasteiger partial charge in [-0.1, -0.05) is 23.7 Å². The summed E-state index contributed by atoms with van der Waals surface area (Å²) in [6.45, 7) is 5.47. The Morgan fingerprint density at radius 2 is 1.84 bits per heavy atom. The van der Waals surface area contributed by atoms with E-state index in [0.717, 1.165) is 11.6 Å². The molecule has 0 aliphatic heterocycles. The van der Waals surface area contributed by atoms with E-state index < -0.39 is 0 Å². The average molecular weight is 307 g/mol. The summed E-state index contributed by atoms with van der Waals surface area (Å²) >= 11 is 5.91. The number of benzene rings is 1. The molecule has 1 aromatic rings. The SMILES string of the molecule is COCC(c1ccc(Cl)cc1)N(C)CC(C)(C)N.Cl. The number of hydrogen-bond acceptors (Lipinski definition) is 3. The number of rotatable bonds is 6. The van der Waals surface area contributed by atoms with E-state index in [-0.39, 0.29) is 24.0 Å². The summed E-state index contributed by atoms with van der Waals surface area (Å²) in [7, 11) is 3.78. The van der Waals surface area contributed by atoms with Crippen molar-refractivity contribution in [1.82, 2.24) is 4.90 Å². The van der Waals surface area contributed by atoms with Crippen LogP contribution in [0, 0.1) is 0 Å². The van der Waals surface area contributed by atoms with Crippen molar-refractivity contribution in [2.75, 3.05) is 27.3 Å². The number of ether oxygens (including phenoxy) is 1. The largest absolute Gasteiger partial charge is 0.383 e. The fraction of sp³-hybridized carbons (Fsp3) is 0.571. The third-order valence-electron chi connectivity index (χ3n) is 2.77. The number of likely N-dealkylation sites (N-methyl/N-ethyl adjacent to an activating group) is 1. The van der Waals surface area contributed by atoms with Crippen molar-refractivity contribution < 1.29 is 4.74 Å². The van der Waals surface area contributed by atoms with Gasteiger partial charge in [0.15, 0.2) is 0 Å². The van der Waals surface area contributed by atoms with Crippen molar-refractivity contribution in [3.8, 4) is 0 Å². The van der Waals surface area contributed by atoms with Crippen LogP contribution in [-0.4, -0.2) is 37.7 Å². The average Bonchev–Trinajstić information content (AvgIpc) is 2.25. The molecule has 0 aliphatic carbocycles. The molecule has 2 N–H and O–H groups in total. The summed E-state index contributed by atoms with van der Waals surface area (Å²) in [5.74, 6) is 0. The summed E-state index contributed by atoms with van der Waals surface area (Å²) in [6.07, 6.45) is 0. The second kappa shape index (κ2) is 8.08. The molecule has 3 nitrogen and oxygen atoms in total. The number of methoxy groups -OCH3 is 1. The summed E-state index contributed by atoms with van der Waals surface area (Å²) in [5, 5.41) is 0.747. The minimum Gasteiger partial charge on any atom is -0.383 e. The van der Waals surface area contributed by atoms with Gasteiger partial charge in [-0.25, -0.2) is 0 Å². The highest BCUT2D eigenvalue weighted by Crippen LogP contribution is 2.22. The Morgan fingerprint density at radius 1 is 1.32 bits per heavy atom. The van der Waals surface area contributed by atoms with E-state index in [1.807, 2.05) is 38.1 Å². The number of nitrogens with zero attached hydrogens (tertiary/aromatic N) is 1. The van der Waals surface area contributed by atoms with Crippen LogP contribution >= 0.6 is 24.0 Å². The van der Waals surface area contributed by atoms with Crippen LogP contribution in [-0.2, 0) is 4.74 Å². The number of hydrogen-bond donors (Lipinski definition) is 1. The highest BCUT2D eigenvalue weighted by molar-refractivity contribution is 6.30. The lowest BCUT2D eigenvalue weighted by Crippen LogP contribution is -2.45. The molecule has 0 saturated carbocycles. The van der Waals surface area contributed by atoms with Gasteiger partial charge in [-0.05, 0) is 38.6 Å². The first-order valence-electron chi connectivity index (χ1n) is 6.07. The first-order chi connectivity index (χ1) is 8.33. The van der Waals surface area contributed by atoms with Gasteiger partial charge in [-0.2, -0.15) is 0 Å². The Balaban J connectivity index is 0.00000324. The van der Waals surface area contributed by atoms with Gasteiger partial charge in [-0.3, -0.25) is 4.90 Å². The van der Waals surface area contributed by atoms with Crippen LogP contribution in [0.15, 0.2) is 24.3 Å². The molecule has 0 amide bonds. The molecule has 1 aromatic carbocycles. The van der Waals surface area contributed by atoms with Gasteiger partial charge < -0.3 is 10.5 Å². The van der Waals surface area contributed by atoms with Crippen molar-refractivity contribution in [2.45, 2.75) is 25.4 Å². The van der Waals surface area contributed by atoms with Gasteiger partial charge in [-0.15, -0.1) is 12.4 Å². The molecule has 0 heterocycles. The smallest absolute Gasteiger partial charge is 0.0659 e. The fourth-order valence-corrected chi connectivity index (χ4v) is 2.20. The fourth-order valence-electron chi connectivity index (χ4n) is 2.07. The van der Waals surface area contributed by atoms with Crippen LogP contribution in [0.4, 0.5) is 0 Å².